The number of alkyl halides is 1. The molecule has 1 aromatic heterocycles. The molecule has 0 aliphatic carbocycles. The summed E-state index contributed by atoms with van der Waals surface area (Å²) in [5.74, 6) is 0.663. The highest BCUT2D eigenvalue weighted by atomic mass is 35.5. The van der Waals surface area contributed by atoms with Crippen LogP contribution in [0.2, 0.25) is 0 Å². The van der Waals surface area contributed by atoms with Gasteiger partial charge in [0.25, 0.3) is 0 Å². The fourth-order valence-electron chi connectivity index (χ4n) is 0.944. The number of ketones is 1. The fourth-order valence-corrected chi connectivity index (χ4v) is 1.15. The van der Waals surface area contributed by atoms with Crippen molar-refractivity contribution in [1.82, 2.24) is 4.98 Å². The van der Waals surface area contributed by atoms with Gasteiger partial charge in [-0.2, -0.15) is 0 Å². The van der Waals surface area contributed by atoms with Crippen molar-refractivity contribution in [3.05, 3.63) is 23.4 Å². The van der Waals surface area contributed by atoms with Crippen molar-refractivity contribution in [3.63, 3.8) is 0 Å². The zero-order valence-corrected chi connectivity index (χ0v) is 8.26. The first kappa shape index (κ1) is 9.99. The number of ether oxygens (including phenoxy) is 1. The molecular weight excluding hydrogens is 190 g/mol. The molecule has 0 unspecified atom stereocenters. The molecule has 0 fully saturated rings. The Labute approximate surface area is 81.7 Å². The predicted molar refractivity (Wildman–Crippen MR) is 50.4 cm³/mol. The van der Waals surface area contributed by atoms with E-state index in [1.807, 2.05) is 0 Å². The van der Waals surface area contributed by atoms with Crippen molar-refractivity contribution in [1.29, 1.82) is 0 Å². The van der Waals surface area contributed by atoms with Crippen molar-refractivity contribution >= 4 is 17.4 Å². The van der Waals surface area contributed by atoms with Gasteiger partial charge in [-0.3, -0.25) is 4.79 Å². The van der Waals surface area contributed by atoms with Crippen LogP contribution in [0.1, 0.15) is 23.0 Å². The third-order valence-corrected chi connectivity index (χ3v) is 1.93. The molecule has 0 aromatic carbocycles. The van der Waals surface area contributed by atoms with Gasteiger partial charge in [0.15, 0.2) is 5.78 Å². The Morgan fingerprint density at radius 2 is 2.31 bits per heavy atom. The second kappa shape index (κ2) is 4.23. The van der Waals surface area contributed by atoms with E-state index >= 15 is 0 Å². The van der Waals surface area contributed by atoms with Crippen molar-refractivity contribution < 1.29 is 9.53 Å². The minimum absolute atomic E-state index is 0.0839. The molecule has 1 aromatic rings. The van der Waals surface area contributed by atoms with Gasteiger partial charge in [0.2, 0.25) is 5.88 Å². The summed E-state index contributed by atoms with van der Waals surface area (Å²) in [6, 6.07) is 3.39. The van der Waals surface area contributed by atoms with Gasteiger partial charge in [0.1, 0.15) is 5.69 Å². The highest BCUT2D eigenvalue weighted by molar-refractivity contribution is 6.17. The fraction of sp³-hybridized carbons (Fsp3) is 0.333. The van der Waals surface area contributed by atoms with Crippen LogP contribution in [0.3, 0.4) is 0 Å². The lowest BCUT2D eigenvalue weighted by molar-refractivity contribution is 0.101. The number of rotatable bonds is 3. The van der Waals surface area contributed by atoms with Crippen LogP contribution in [0.4, 0.5) is 0 Å². The molecule has 1 rings (SSSR count). The first-order chi connectivity index (χ1) is 6.19. The Kier molecular flexibility index (Phi) is 3.25. The minimum atomic E-state index is -0.0839. The summed E-state index contributed by atoms with van der Waals surface area (Å²) >= 11 is 5.64. The number of Topliss-reactive ketones (excluding diaryl/α,β-unsaturated/α-hetero) is 1. The smallest absolute Gasteiger partial charge is 0.218 e. The molecule has 0 atom stereocenters. The molecule has 0 N–H and O–H groups in total. The molecular formula is C9H10ClNO2. The van der Waals surface area contributed by atoms with E-state index in [4.69, 9.17) is 16.3 Å². The van der Waals surface area contributed by atoms with Crippen LogP contribution in [-0.2, 0) is 5.88 Å². The highest BCUT2D eigenvalue weighted by Gasteiger charge is 2.07. The Bertz CT molecular complexity index is 325. The van der Waals surface area contributed by atoms with Gasteiger partial charge in [-0.05, 0) is 6.07 Å². The van der Waals surface area contributed by atoms with Gasteiger partial charge in [-0.25, -0.2) is 4.98 Å². The average molecular weight is 200 g/mol. The number of hydrogen-bond donors (Lipinski definition) is 0. The maximum Gasteiger partial charge on any atom is 0.218 e. The van der Waals surface area contributed by atoms with E-state index < -0.39 is 0 Å². The van der Waals surface area contributed by atoms with Gasteiger partial charge in [-0.15, -0.1) is 11.6 Å². The number of halogens is 1. The van der Waals surface area contributed by atoms with Crippen molar-refractivity contribution in [2.75, 3.05) is 7.11 Å². The highest BCUT2D eigenvalue weighted by Crippen LogP contribution is 2.17. The standard InChI is InChI=1S/C9H10ClNO2/c1-6(12)8-4-3-7(5-10)9(11-8)13-2/h3-4H,5H2,1-2H3. The topological polar surface area (TPSA) is 39.2 Å². The summed E-state index contributed by atoms with van der Waals surface area (Å²) in [6.45, 7) is 1.46. The van der Waals surface area contributed by atoms with Crippen LogP contribution in [-0.4, -0.2) is 17.9 Å². The number of hydrogen-bond acceptors (Lipinski definition) is 3. The Morgan fingerprint density at radius 1 is 1.62 bits per heavy atom. The molecule has 0 radical (unpaired) electrons. The summed E-state index contributed by atoms with van der Waals surface area (Å²) in [5.41, 5.74) is 1.18. The van der Waals surface area contributed by atoms with E-state index in [9.17, 15) is 4.79 Å². The van der Waals surface area contributed by atoms with E-state index in [-0.39, 0.29) is 5.78 Å². The molecule has 1 heterocycles. The van der Waals surface area contributed by atoms with Crippen LogP contribution in [0, 0.1) is 0 Å². The minimum Gasteiger partial charge on any atom is -0.481 e. The molecule has 0 amide bonds. The van der Waals surface area contributed by atoms with Gasteiger partial charge >= 0.3 is 0 Å². The second-order valence-corrected chi connectivity index (χ2v) is 2.82. The van der Waals surface area contributed by atoms with Crippen LogP contribution in [0.15, 0.2) is 12.1 Å². The lowest BCUT2D eigenvalue weighted by atomic mass is 10.2. The molecule has 0 spiro atoms. The normalized spacial score (nSPS) is 9.77. The summed E-state index contributed by atoms with van der Waals surface area (Å²) in [4.78, 5) is 15.0. The maximum atomic E-state index is 11.0. The number of methoxy groups -OCH3 is 1. The van der Waals surface area contributed by atoms with Crippen molar-refractivity contribution in [2.45, 2.75) is 12.8 Å². The van der Waals surface area contributed by atoms with Gasteiger partial charge in [0, 0.05) is 12.5 Å². The van der Waals surface area contributed by atoms with E-state index in [0.29, 0.717) is 17.5 Å². The average Bonchev–Trinajstić information content (AvgIpc) is 2.16. The monoisotopic (exact) mass is 199 g/mol. The van der Waals surface area contributed by atoms with Gasteiger partial charge < -0.3 is 4.74 Å². The molecule has 0 saturated carbocycles. The molecule has 4 heteroatoms. The summed E-state index contributed by atoms with van der Waals surface area (Å²) in [5, 5.41) is 0. The molecule has 3 nitrogen and oxygen atoms in total. The molecule has 70 valence electrons. The van der Waals surface area contributed by atoms with Gasteiger partial charge in [-0.1, -0.05) is 6.07 Å². The third kappa shape index (κ3) is 2.18. The molecule has 0 aliphatic heterocycles. The van der Waals surface area contributed by atoms with Crippen molar-refractivity contribution in [3.8, 4) is 5.88 Å². The first-order valence-electron chi connectivity index (χ1n) is 3.80. The summed E-state index contributed by atoms with van der Waals surface area (Å²) < 4.78 is 4.98. The lowest BCUT2D eigenvalue weighted by Crippen LogP contribution is -2.01. The van der Waals surface area contributed by atoms with Crippen LogP contribution < -0.4 is 4.74 Å². The Hall–Kier alpha value is -1.09. The molecule has 13 heavy (non-hydrogen) atoms. The third-order valence-electron chi connectivity index (χ3n) is 1.64. The quantitative estimate of drug-likeness (QED) is 0.553. The lowest BCUT2D eigenvalue weighted by Gasteiger charge is -2.05. The maximum absolute atomic E-state index is 11.0. The van der Waals surface area contributed by atoms with E-state index in [0.717, 1.165) is 5.56 Å². The van der Waals surface area contributed by atoms with E-state index in [1.54, 1.807) is 12.1 Å². The Balaban J connectivity index is 3.13. The SMILES string of the molecule is COc1nc(C(C)=O)ccc1CCl. The largest absolute Gasteiger partial charge is 0.481 e. The van der Waals surface area contributed by atoms with Gasteiger partial charge in [0.05, 0.1) is 13.0 Å². The van der Waals surface area contributed by atoms with Crippen LogP contribution >= 0.6 is 11.6 Å². The molecule has 0 aliphatic rings. The number of pyridine rings is 1. The van der Waals surface area contributed by atoms with E-state index in [2.05, 4.69) is 4.98 Å². The number of carbonyl (C=O) groups is 1. The number of nitrogens with zero attached hydrogens (tertiary/aromatic N) is 1. The second-order valence-electron chi connectivity index (χ2n) is 2.55. The van der Waals surface area contributed by atoms with Crippen LogP contribution in [0.25, 0.3) is 0 Å². The zero-order valence-electron chi connectivity index (χ0n) is 7.50. The zero-order chi connectivity index (χ0) is 9.84. The predicted octanol–water partition coefficient (Wildman–Crippen LogP) is 2.03. The van der Waals surface area contributed by atoms with Crippen molar-refractivity contribution in [2.24, 2.45) is 0 Å². The first-order valence-corrected chi connectivity index (χ1v) is 4.33. The van der Waals surface area contributed by atoms with Crippen LogP contribution in [0.5, 0.6) is 5.88 Å². The number of aromatic nitrogens is 1. The summed E-state index contributed by atoms with van der Waals surface area (Å²) in [7, 11) is 1.50. The molecule has 0 saturated heterocycles. The van der Waals surface area contributed by atoms with E-state index in [1.165, 1.54) is 14.0 Å². The number of carbonyl (C=O) groups excluding carboxylic acids is 1. The molecule has 0 bridgehead atoms. The summed E-state index contributed by atoms with van der Waals surface area (Å²) in [6.07, 6.45) is 0. The Morgan fingerprint density at radius 3 is 2.77 bits per heavy atom.